The molecule has 0 aromatic rings. The van der Waals surface area contributed by atoms with Gasteiger partial charge < -0.3 is 12.4 Å². The fraction of sp³-hybridized carbons (Fsp3) is 0. The van der Waals surface area contributed by atoms with Crippen molar-refractivity contribution in [3.63, 3.8) is 0 Å². The van der Waals surface area contributed by atoms with Gasteiger partial charge in [0.1, 0.15) is 0 Å². The Morgan fingerprint density at radius 1 is 1.75 bits per heavy atom. The van der Waals surface area contributed by atoms with Crippen LogP contribution in [0.15, 0.2) is 0 Å². The average Bonchev–Trinajstić information content (AvgIpc) is 0.918. The van der Waals surface area contributed by atoms with E-state index in [0.717, 1.165) is 0 Å². The molecule has 4 heavy (non-hydrogen) atoms. The second-order valence-electron chi connectivity index (χ2n) is 0.0833. The van der Waals surface area contributed by atoms with Gasteiger partial charge in [-0.25, -0.2) is 0 Å². The average molecular weight is 82.5 g/mol. The molecular formula is HClNO2-. The van der Waals surface area contributed by atoms with Crippen molar-refractivity contribution in [1.29, 1.82) is 0 Å². The van der Waals surface area contributed by atoms with Gasteiger partial charge in [-0.3, -0.25) is 10.1 Å². The number of hydrogen-bond donors (Lipinski definition) is 1. The molecule has 0 aliphatic heterocycles. The molecule has 0 amide bonds. The van der Waals surface area contributed by atoms with Crippen LogP contribution >= 0.6 is 0 Å². The lowest BCUT2D eigenvalue weighted by Crippen LogP contribution is -3.00. The summed E-state index contributed by atoms with van der Waals surface area (Å²) in [6, 6.07) is 0. The SMILES string of the molecule is O=[NH+][O-].[Cl-]. The predicted octanol–water partition coefficient (Wildman–Crippen LogP) is -4.66. The summed E-state index contributed by atoms with van der Waals surface area (Å²) in [5.41, 5.74) is 0. The van der Waals surface area contributed by atoms with Gasteiger partial charge in [-0.1, -0.05) is 0 Å². The summed E-state index contributed by atoms with van der Waals surface area (Å²) in [6.07, 6.45) is 0. The smallest absolute Gasteiger partial charge is 0.00366 e. The van der Waals surface area contributed by atoms with Gasteiger partial charge in [-0.15, -0.1) is 0 Å². The summed E-state index contributed by atoms with van der Waals surface area (Å²) in [4.78, 5) is 8.12. The summed E-state index contributed by atoms with van der Waals surface area (Å²) in [6.45, 7) is 0. The molecule has 0 heterocycles. The maximum Gasteiger partial charge on any atom is 0.00366 e. The van der Waals surface area contributed by atoms with Gasteiger partial charge in [0.15, 0.2) is 0 Å². The maximum absolute atomic E-state index is 8.12. The standard InChI is InChI=1S/ClH.HNO2/c;2-1-3/h1H;1H/p-1. The van der Waals surface area contributed by atoms with Crippen LogP contribution in [0.25, 0.3) is 0 Å². The lowest BCUT2D eigenvalue weighted by molar-refractivity contribution is -0.398. The van der Waals surface area contributed by atoms with Crippen molar-refractivity contribution in [2.24, 2.45) is 0 Å². The molecular weight excluding hydrogens is 81.5 g/mol. The molecule has 0 saturated carbocycles. The van der Waals surface area contributed by atoms with Crippen LogP contribution in [-0.4, -0.2) is 0 Å². The summed E-state index contributed by atoms with van der Waals surface area (Å²) >= 11 is 0. The monoisotopic (exact) mass is 82.0 g/mol. The minimum absolute atomic E-state index is 0. The van der Waals surface area contributed by atoms with E-state index in [1.165, 1.54) is 0 Å². The lowest BCUT2D eigenvalue weighted by atomic mass is 13.4. The van der Waals surface area contributed by atoms with Gasteiger partial charge in [0.05, 0.1) is 0 Å². The Labute approximate surface area is 29.0 Å². The highest BCUT2D eigenvalue weighted by molar-refractivity contribution is 3.77. The minimum Gasteiger partial charge on any atom is -1.00 e. The largest absolute Gasteiger partial charge is 1.00 e. The number of hydrogen-bond acceptors (Lipinski definition) is 2. The Bertz CT molecular complexity index is 13.5. The lowest BCUT2D eigenvalue weighted by Gasteiger charge is -1.36. The number of halogens is 1. The second-order valence-corrected chi connectivity index (χ2v) is 0.0833. The first-order valence-electron chi connectivity index (χ1n) is 0.408. The number of rotatable bonds is 0. The molecule has 0 atom stereocenters. The molecule has 0 unspecified atom stereocenters. The van der Waals surface area contributed by atoms with Crippen molar-refractivity contribution in [1.82, 2.24) is 0 Å². The molecule has 0 radical (unpaired) electrons. The molecule has 0 saturated heterocycles. The molecule has 0 aromatic heterocycles. The van der Waals surface area contributed by atoms with Crippen molar-refractivity contribution in [3.8, 4) is 0 Å². The van der Waals surface area contributed by atoms with Gasteiger partial charge in [0.2, 0.25) is 0 Å². The molecule has 1 N–H and O–H groups in total. The Morgan fingerprint density at radius 2 is 1.75 bits per heavy atom. The first-order chi connectivity index (χ1) is 1.41. The third kappa shape index (κ3) is 8.37. The van der Waals surface area contributed by atoms with Gasteiger partial charge in [-0.05, 0) is 0 Å². The van der Waals surface area contributed by atoms with E-state index in [4.69, 9.17) is 10.1 Å². The van der Waals surface area contributed by atoms with Crippen LogP contribution in [0.1, 0.15) is 0 Å². The van der Waals surface area contributed by atoms with E-state index in [1.807, 2.05) is 0 Å². The zero-order valence-corrected chi connectivity index (χ0v) is 2.45. The molecule has 0 spiro atoms. The molecule has 0 aromatic carbocycles. The maximum atomic E-state index is 8.12. The van der Waals surface area contributed by atoms with Gasteiger partial charge in [0.25, 0.3) is 0 Å². The van der Waals surface area contributed by atoms with E-state index < -0.39 is 0 Å². The van der Waals surface area contributed by atoms with E-state index in [-0.39, 0.29) is 17.7 Å². The molecule has 3 nitrogen and oxygen atoms in total. The van der Waals surface area contributed by atoms with Crippen LogP contribution in [0.5, 0.6) is 0 Å². The fourth-order valence-corrected chi connectivity index (χ4v) is 0. The Kier molecular flexibility index (Phi) is 37.7. The Morgan fingerprint density at radius 3 is 1.75 bits per heavy atom. The molecule has 0 aliphatic carbocycles. The highest BCUT2D eigenvalue weighted by Crippen LogP contribution is 0.618. The van der Waals surface area contributed by atoms with Crippen molar-refractivity contribution in [2.75, 3.05) is 0 Å². The quantitative estimate of drug-likeness (QED) is 0.236. The number of nitrogens with one attached hydrogen (secondary N) is 1. The molecule has 0 fully saturated rings. The zero-order valence-electron chi connectivity index (χ0n) is 1.69. The topological polar surface area (TPSA) is 54.1 Å². The first kappa shape index (κ1) is 9.35. The van der Waals surface area contributed by atoms with E-state index in [2.05, 4.69) is 0 Å². The van der Waals surface area contributed by atoms with Crippen LogP contribution in [0.3, 0.4) is 0 Å². The zero-order chi connectivity index (χ0) is 2.71. The van der Waals surface area contributed by atoms with Crippen molar-refractivity contribution < 1.29 is 17.7 Å². The van der Waals surface area contributed by atoms with Crippen LogP contribution in [0.4, 0.5) is 0 Å². The van der Waals surface area contributed by atoms with E-state index >= 15 is 0 Å². The Hall–Kier alpha value is -0.310. The fourth-order valence-electron chi connectivity index (χ4n) is 0. The summed E-state index contributed by atoms with van der Waals surface area (Å²) < 4.78 is 0. The third-order valence-electron chi connectivity index (χ3n) is 0. The summed E-state index contributed by atoms with van der Waals surface area (Å²) in [5.74, 6) is 0. The van der Waals surface area contributed by atoms with Crippen LogP contribution in [0, 0.1) is 10.1 Å². The van der Waals surface area contributed by atoms with Gasteiger partial charge in [-0.2, -0.15) is 0 Å². The molecule has 26 valence electrons. The molecule has 0 bridgehead atoms. The van der Waals surface area contributed by atoms with Crippen LogP contribution in [-0.2, 0) is 0 Å². The molecule has 0 aliphatic rings. The highest BCUT2D eigenvalue weighted by atomic mass is 35.5. The minimum atomic E-state index is 0. The molecule has 0 rings (SSSR count). The normalized spacial score (nSPS) is 3.00. The summed E-state index contributed by atoms with van der Waals surface area (Å²) in [7, 11) is 0. The third-order valence-corrected chi connectivity index (χ3v) is 0. The summed E-state index contributed by atoms with van der Waals surface area (Å²) in [5, 5.41) is 8.38. The van der Waals surface area contributed by atoms with Gasteiger partial charge in [0, 0.05) is 5.34 Å². The van der Waals surface area contributed by atoms with Crippen LogP contribution < -0.4 is 17.7 Å². The van der Waals surface area contributed by atoms with Crippen molar-refractivity contribution in [2.45, 2.75) is 0 Å². The Balaban J connectivity index is 0. The highest BCUT2D eigenvalue weighted by Gasteiger charge is 1.10. The predicted molar refractivity (Wildman–Crippen MR) is 7.70 cm³/mol. The van der Waals surface area contributed by atoms with Crippen LogP contribution in [0.2, 0.25) is 0 Å². The molecule has 4 heteroatoms. The van der Waals surface area contributed by atoms with E-state index in [9.17, 15) is 0 Å². The van der Waals surface area contributed by atoms with E-state index in [1.54, 1.807) is 0 Å². The van der Waals surface area contributed by atoms with Gasteiger partial charge >= 0.3 is 0 Å². The van der Waals surface area contributed by atoms with Crippen molar-refractivity contribution >= 4 is 0 Å². The van der Waals surface area contributed by atoms with Crippen molar-refractivity contribution in [3.05, 3.63) is 10.1 Å². The second kappa shape index (κ2) is 16.1. The first-order valence-corrected chi connectivity index (χ1v) is 0.408. The van der Waals surface area contributed by atoms with E-state index in [0.29, 0.717) is 0 Å².